The first-order chi connectivity index (χ1) is 13.2. The topological polar surface area (TPSA) is 58.1 Å². The molecule has 1 N–H and O–H groups in total. The molecule has 4 rings (SSSR count). The third-order valence-electron chi connectivity index (χ3n) is 5.26. The molecule has 5 nitrogen and oxygen atoms in total. The van der Waals surface area contributed by atoms with E-state index in [-0.39, 0.29) is 11.9 Å². The minimum Gasteiger partial charge on any atom is -0.380 e. The van der Waals surface area contributed by atoms with E-state index in [9.17, 15) is 4.79 Å². The number of carbonyl (C=O) groups is 1. The van der Waals surface area contributed by atoms with Crippen LogP contribution in [0.4, 0.5) is 5.69 Å². The number of likely N-dealkylation sites (tertiary alicyclic amines) is 1. The summed E-state index contributed by atoms with van der Waals surface area (Å²) in [5, 5.41) is 4.87. The summed E-state index contributed by atoms with van der Waals surface area (Å²) < 4.78 is 0. The van der Waals surface area contributed by atoms with Gasteiger partial charge in [0.15, 0.2) is 0 Å². The lowest BCUT2D eigenvalue weighted by atomic mass is 10.0. The maximum absolute atomic E-state index is 12.7. The summed E-state index contributed by atoms with van der Waals surface area (Å²) in [6.45, 7) is 5.67. The molecule has 1 saturated heterocycles. The summed E-state index contributed by atoms with van der Waals surface area (Å²) in [7, 11) is 0. The fourth-order valence-electron chi connectivity index (χ4n) is 3.89. The zero-order valence-corrected chi connectivity index (χ0v) is 15.8. The lowest BCUT2D eigenvalue weighted by Gasteiger charge is -2.21. The Kier molecular flexibility index (Phi) is 4.75. The van der Waals surface area contributed by atoms with E-state index in [0.717, 1.165) is 41.7 Å². The smallest absolute Gasteiger partial charge is 0.272 e. The number of para-hydroxylation sites is 1. The van der Waals surface area contributed by atoms with Crippen LogP contribution in [0.2, 0.25) is 0 Å². The summed E-state index contributed by atoms with van der Waals surface area (Å²) in [5.74, 6) is 0.00591. The van der Waals surface area contributed by atoms with Crippen LogP contribution in [-0.2, 0) is 6.42 Å². The zero-order chi connectivity index (χ0) is 18.8. The van der Waals surface area contributed by atoms with Gasteiger partial charge in [-0.3, -0.25) is 14.8 Å². The molecule has 0 spiro atoms. The van der Waals surface area contributed by atoms with Gasteiger partial charge >= 0.3 is 0 Å². The average Bonchev–Trinajstić information content (AvgIpc) is 3.17. The minimum absolute atomic E-state index is 0.00591. The highest BCUT2D eigenvalue weighted by Crippen LogP contribution is 2.30. The fourth-order valence-corrected chi connectivity index (χ4v) is 3.89. The lowest BCUT2D eigenvalue weighted by Crippen LogP contribution is -2.32. The number of benzene rings is 1. The number of nitrogens with one attached hydrogen (secondary N) is 1. The fraction of sp³-hybridized carbons (Fsp3) is 0.318. The summed E-state index contributed by atoms with van der Waals surface area (Å²) in [5.41, 5.74) is 5.01. The van der Waals surface area contributed by atoms with Crippen molar-refractivity contribution in [2.45, 2.75) is 32.7 Å². The number of pyridine rings is 2. The molecular formula is C22H24N4O. The molecule has 0 bridgehead atoms. The van der Waals surface area contributed by atoms with E-state index in [2.05, 4.69) is 42.3 Å². The SMILES string of the molecule is CCc1c(C)nc2ccccc2c1NC1CCN(C(=O)c2ccccn2)C1. The van der Waals surface area contributed by atoms with E-state index in [1.54, 1.807) is 12.3 Å². The predicted molar refractivity (Wildman–Crippen MR) is 108 cm³/mol. The Labute approximate surface area is 159 Å². The van der Waals surface area contributed by atoms with Crippen molar-refractivity contribution in [2.24, 2.45) is 0 Å². The lowest BCUT2D eigenvalue weighted by molar-refractivity contribution is 0.0786. The minimum atomic E-state index is 0.00591. The monoisotopic (exact) mass is 360 g/mol. The van der Waals surface area contributed by atoms with Crippen molar-refractivity contribution in [3.63, 3.8) is 0 Å². The molecule has 0 saturated carbocycles. The van der Waals surface area contributed by atoms with Crippen LogP contribution in [-0.4, -0.2) is 39.9 Å². The van der Waals surface area contributed by atoms with Crippen LogP contribution >= 0.6 is 0 Å². The summed E-state index contributed by atoms with van der Waals surface area (Å²) in [4.78, 5) is 23.5. The van der Waals surface area contributed by atoms with Crippen LogP contribution in [0, 0.1) is 6.92 Å². The van der Waals surface area contributed by atoms with Crippen LogP contribution in [0.3, 0.4) is 0 Å². The Hall–Kier alpha value is -2.95. The van der Waals surface area contributed by atoms with Gasteiger partial charge in [-0.1, -0.05) is 31.2 Å². The van der Waals surface area contributed by atoms with Gasteiger partial charge in [-0.2, -0.15) is 0 Å². The molecule has 27 heavy (non-hydrogen) atoms. The normalized spacial score (nSPS) is 16.7. The first kappa shape index (κ1) is 17.5. The van der Waals surface area contributed by atoms with Gasteiger partial charge < -0.3 is 10.2 Å². The number of carbonyl (C=O) groups excluding carboxylic acids is 1. The van der Waals surface area contributed by atoms with Crippen LogP contribution in [0.1, 0.15) is 35.1 Å². The number of rotatable bonds is 4. The first-order valence-electron chi connectivity index (χ1n) is 9.52. The number of fused-ring (bicyclic) bond motifs is 1. The second-order valence-corrected chi connectivity index (χ2v) is 7.02. The number of hydrogen-bond donors (Lipinski definition) is 1. The van der Waals surface area contributed by atoms with E-state index in [1.165, 1.54) is 5.56 Å². The standard InChI is InChI=1S/C22H24N4O/c1-3-17-15(2)24-19-9-5-4-8-18(19)21(17)25-16-11-13-26(14-16)22(27)20-10-6-7-12-23-20/h4-10,12,16H,3,11,13-14H2,1-2H3,(H,24,25). The predicted octanol–water partition coefficient (Wildman–Crippen LogP) is 3.83. The Morgan fingerprint density at radius 3 is 2.81 bits per heavy atom. The Morgan fingerprint density at radius 1 is 1.22 bits per heavy atom. The number of hydrogen-bond acceptors (Lipinski definition) is 4. The largest absolute Gasteiger partial charge is 0.380 e. The van der Waals surface area contributed by atoms with Gasteiger partial charge in [0, 0.05) is 42.1 Å². The third-order valence-corrected chi connectivity index (χ3v) is 5.26. The summed E-state index contributed by atoms with van der Waals surface area (Å²) in [6, 6.07) is 13.9. The van der Waals surface area contributed by atoms with Crippen molar-refractivity contribution >= 4 is 22.5 Å². The zero-order valence-electron chi connectivity index (χ0n) is 15.8. The molecule has 1 aliphatic rings. The van der Waals surface area contributed by atoms with E-state index in [0.29, 0.717) is 12.2 Å². The van der Waals surface area contributed by atoms with Crippen LogP contribution in [0.25, 0.3) is 10.9 Å². The van der Waals surface area contributed by atoms with Crippen LogP contribution < -0.4 is 5.32 Å². The molecule has 5 heteroatoms. The molecule has 1 amide bonds. The van der Waals surface area contributed by atoms with Gasteiger partial charge in [-0.05, 0) is 43.5 Å². The maximum Gasteiger partial charge on any atom is 0.272 e. The highest BCUT2D eigenvalue weighted by Gasteiger charge is 2.28. The van der Waals surface area contributed by atoms with Gasteiger partial charge in [0.05, 0.1) is 5.52 Å². The van der Waals surface area contributed by atoms with Crippen LogP contribution in [0.15, 0.2) is 48.7 Å². The molecule has 1 aromatic carbocycles. The number of amides is 1. The summed E-state index contributed by atoms with van der Waals surface area (Å²) >= 11 is 0. The number of aromatic nitrogens is 2. The number of aryl methyl sites for hydroxylation is 1. The molecule has 1 unspecified atom stereocenters. The number of nitrogens with zero attached hydrogens (tertiary/aromatic N) is 3. The molecular weight excluding hydrogens is 336 g/mol. The van der Waals surface area contributed by atoms with Gasteiger partial charge in [0.2, 0.25) is 0 Å². The van der Waals surface area contributed by atoms with Crippen molar-refractivity contribution < 1.29 is 4.79 Å². The molecule has 1 aliphatic heterocycles. The molecule has 138 valence electrons. The quantitative estimate of drug-likeness (QED) is 0.768. The van der Waals surface area contributed by atoms with Gasteiger partial charge in [-0.25, -0.2) is 0 Å². The molecule has 2 aromatic heterocycles. The van der Waals surface area contributed by atoms with Crippen LogP contribution in [0.5, 0.6) is 0 Å². The molecule has 1 fully saturated rings. The molecule has 0 radical (unpaired) electrons. The molecule has 3 aromatic rings. The van der Waals surface area contributed by atoms with Crippen molar-refractivity contribution in [3.05, 3.63) is 65.6 Å². The van der Waals surface area contributed by atoms with E-state index >= 15 is 0 Å². The Balaban J connectivity index is 1.58. The van der Waals surface area contributed by atoms with Gasteiger partial charge in [-0.15, -0.1) is 0 Å². The van der Waals surface area contributed by atoms with Crippen molar-refractivity contribution in [3.8, 4) is 0 Å². The van der Waals surface area contributed by atoms with Gasteiger partial charge in [0.1, 0.15) is 5.69 Å². The van der Waals surface area contributed by atoms with E-state index in [4.69, 9.17) is 4.98 Å². The molecule has 0 aliphatic carbocycles. The maximum atomic E-state index is 12.7. The number of anilines is 1. The second kappa shape index (κ2) is 7.35. The highest BCUT2D eigenvalue weighted by molar-refractivity contribution is 5.94. The van der Waals surface area contributed by atoms with Gasteiger partial charge in [0.25, 0.3) is 5.91 Å². The van der Waals surface area contributed by atoms with Crippen molar-refractivity contribution in [2.75, 3.05) is 18.4 Å². The third kappa shape index (κ3) is 3.37. The van der Waals surface area contributed by atoms with Crippen molar-refractivity contribution in [1.82, 2.24) is 14.9 Å². The highest BCUT2D eigenvalue weighted by atomic mass is 16.2. The first-order valence-corrected chi connectivity index (χ1v) is 9.52. The Morgan fingerprint density at radius 2 is 2.04 bits per heavy atom. The van der Waals surface area contributed by atoms with E-state index < -0.39 is 0 Å². The van der Waals surface area contributed by atoms with Crippen molar-refractivity contribution in [1.29, 1.82) is 0 Å². The molecule has 3 heterocycles. The van der Waals surface area contributed by atoms with E-state index in [1.807, 2.05) is 23.1 Å². The second-order valence-electron chi connectivity index (χ2n) is 7.02. The molecule has 1 atom stereocenters. The average molecular weight is 360 g/mol. The summed E-state index contributed by atoms with van der Waals surface area (Å²) in [6.07, 6.45) is 3.52. The Bertz CT molecular complexity index is 971.